The van der Waals surface area contributed by atoms with Crippen molar-refractivity contribution >= 4 is 124 Å². The van der Waals surface area contributed by atoms with Gasteiger partial charge in [0.05, 0.1) is 38.5 Å². The van der Waals surface area contributed by atoms with Gasteiger partial charge in [-0.25, -0.2) is 57.5 Å². The van der Waals surface area contributed by atoms with Crippen molar-refractivity contribution in [3.63, 3.8) is 0 Å². The van der Waals surface area contributed by atoms with Crippen LogP contribution in [0.25, 0.3) is 22.3 Å². The maximum Gasteiger partial charge on any atom is 0.412 e. The predicted octanol–water partition coefficient (Wildman–Crippen LogP) is 1.60. The number of rotatable bonds is 20. The Balaban J connectivity index is 0.712. The number of carbonyl (C=O) groups is 8. The van der Waals surface area contributed by atoms with Crippen LogP contribution in [0.5, 0.6) is 0 Å². The number of nitrogens with zero attached hydrogens (tertiary/aromatic N) is 10. The van der Waals surface area contributed by atoms with E-state index in [4.69, 9.17) is 72.1 Å². The van der Waals surface area contributed by atoms with Gasteiger partial charge in [0.25, 0.3) is 11.8 Å². The zero-order valence-electron chi connectivity index (χ0n) is 49.5. The zero-order valence-corrected chi connectivity index (χ0v) is 52.9. The molecule has 10 rings (SSSR count). The van der Waals surface area contributed by atoms with Crippen molar-refractivity contribution < 1.29 is 98.4 Å². The van der Waals surface area contributed by atoms with Crippen LogP contribution >= 0.6 is 13.4 Å². The number of aromatic nitrogens is 8. The lowest BCUT2D eigenvalue weighted by Crippen LogP contribution is -2.54. The zero-order chi connectivity index (χ0) is 67.3. The van der Waals surface area contributed by atoms with Crippen molar-refractivity contribution in [2.45, 2.75) is 120 Å². The molecule has 4 aromatic heterocycles. The normalized spacial score (nSPS) is 27.7. The molecular formula is C52H62F3N17O18P2S2. The molecule has 1 aromatic carbocycles. The standard InChI is InChI=1S/C52H62F3N17O18P2S2/c1-24(2)37(67-32(73)11-13-69-33(74)9-10-34(69)75)47(77)66-29(4-3-12-58-50(57)78)46(76)65-27-7-5-25(6-8-27)16-84-52(80)70-15-26(53)14-28(70)17-83-51(79)68-43-39-45(62-21-60-43)72(23-64-39)49-36(55)41-31(88-49)19-86-91(81,93)89-40-30(18-85-92(82,94)90-41)87-48(35(40)54)71-22-63-38-42(56)59-20-61-44(38)71/h5-10,20-24,26,28-31,35-37,40-41,48-49H,3-4,11-19H2,1-2H3,(H,65,76)(H,66,77)(H,67,73)(H,81,93)(H,82,94)(H2,56,59,61)(H3,57,58,78)(H,60,62,68,79)/t26-,28-,29-,30+,31+,35+,36+,37-,40+,41+,48+,49+,91?,92?/m0/s1. The Bertz CT molecular complexity index is 3830. The molecule has 0 radical (unpaired) electrons. The summed E-state index contributed by atoms with van der Waals surface area (Å²) in [7, 11) is 0. The van der Waals surface area contributed by atoms with E-state index < -0.39 is 167 Å². The first-order chi connectivity index (χ1) is 44.7. The molecular weight excluding hydrogens is 1330 g/mol. The summed E-state index contributed by atoms with van der Waals surface area (Å²) in [4.78, 5) is 151. The van der Waals surface area contributed by atoms with E-state index in [0.29, 0.717) is 5.56 Å². The molecule has 42 heteroatoms. The molecule has 2 unspecified atom stereocenters. The van der Waals surface area contributed by atoms with Crippen molar-refractivity contribution in [2.24, 2.45) is 11.7 Å². The summed E-state index contributed by atoms with van der Waals surface area (Å²) < 4.78 is 95.6. The van der Waals surface area contributed by atoms with E-state index in [1.54, 1.807) is 13.8 Å². The number of ether oxygens (including phenoxy) is 4. The van der Waals surface area contributed by atoms with Crippen molar-refractivity contribution in [3.05, 3.63) is 67.3 Å². The lowest BCUT2D eigenvalue weighted by atomic mass is 10.0. The highest BCUT2D eigenvalue weighted by Gasteiger charge is 2.54. The molecule has 4 fully saturated rings. The van der Waals surface area contributed by atoms with Crippen molar-refractivity contribution in [1.82, 2.24) is 64.8 Å². The lowest BCUT2D eigenvalue weighted by molar-refractivity contribution is -0.137. The maximum absolute atomic E-state index is 16.8. The molecule has 0 saturated carbocycles. The Labute approximate surface area is 539 Å². The number of hydrogen-bond donors (Lipinski definition) is 9. The molecule has 0 bridgehead atoms. The van der Waals surface area contributed by atoms with Crippen LogP contribution in [0.4, 0.5) is 44.9 Å². The van der Waals surface area contributed by atoms with Gasteiger partial charge in [-0.05, 0) is 60.1 Å². The van der Waals surface area contributed by atoms with Crippen molar-refractivity contribution in [2.75, 3.05) is 55.8 Å². The van der Waals surface area contributed by atoms with Gasteiger partial charge >= 0.3 is 31.7 Å². The Morgan fingerprint density at radius 2 is 1.38 bits per heavy atom. The number of carbonyl (C=O) groups excluding carboxylic acids is 8. The molecule has 5 aliphatic rings. The van der Waals surface area contributed by atoms with Crippen LogP contribution in [0.2, 0.25) is 0 Å². The summed E-state index contributed by atoms with van der Waals surface area (Å²) in [6.07, 6.45) is -11.3. The summed E-state index contributed by atoms with van der Waals surface area (Å²) in [5.41, 5.74) is 11.8. The minimum Gasteiger partial charge on any atom is -0.447 e. The number of anilines is 3. The van der Waals surface area contributed by atoms with Crippen molar-refractivity contribution in [3.8, 4) is 0 Å². The van der Waals surface area contributed by atoms with Gasteiger partial charge in [-0.3, -0.25) is 57.3 Å². The van der Waals surface area contributed by atoms with Gasteiger partial charge < -0.3 is 70.5 Å². The second-order valence-corrected chi connectivity index (χ2v) is 27.7. The second kappa shape index (κ2) is 29.3. The number of likely N-dealkylation sites (tertiary alicyclic amines) is 1. The number of amides is 9. The van der Waals surface area contributed by atoms with E-state index in [2.05, 4.69) is 56.5 Å². The summed E-state index contributed by atoms with van der Waals surface area (Å²) in [6, 6.07) is 1.89. The van der Waals surface area contributed by atoms with Gasteiger partial charge in [0, 0.05) is 43.8 Å². The minimum absolute atomic E-state index is 0.00427. The number of benzene rings is 1. The highest BCUT2D eigenvalue weighted by molar-refractivity contribution is 8.07. The quantitative estimate of drug-likeness (QED) is 0.0303. The van der Waals surface area contributed by atoms with Crippen LogP contribution in [0.15, 0.2) is 61.7 Å². The fourth-order valence-corrected chi connectivity index (χ4v) is 13.5. The summed E-state index contributed by atoms with van der Waals surface area (Å²) in [6.45, 7) is -8.45. The average molecular weight is 1400 g/mol. The topological polar surface area (TPSA) is 457 Å². The highest BCUT2D eigenvalue weighted by Crippen LogP contribution is 2.55. The lowest BCUT2D eigenvalue weighted by Gasteiger charge is -2.29. The van der Waals surface area contributed by atoms with Crippen LogP contribution in [-0.2, 0) is 91.2 Å². The molecule has 0 spiro atoms. The fraction of sp³-hybridized carbons (Fsp3) is 0.500. The molecule has 35 nitrogen and oxygen atoms in total. The predicted molar refractivity (Wildman–Crippen MR) is 324 cm³/mol. The summed E-state index contributed by atoms with van der Waals surface area (Å²) in [5, 5.41) is 12.8. The summed E-state index contributed by atoms with van der Waals surface area (Å²) >= 11 is 10.5. The molecule has 4 saturated heterocycles. The Hall–Kier alpha value is -8.01. The third kappa shape index (κ3) is 16.2. The molecule has 5 aliphatic heterocycles. The van der Waals surface area contributed by atoms with E-state index in [1.807, 2.05) is 0 Å². The van der Waals surface area contributed by atoms with E-state index in [9.17, 15) is 52.5 Å². The fourth-order valence-electron chi connectivity index (χ4n) is 10.6. The number of imide groups is 1. The maximum atomic E-state index is 16.8. The highest BCUT2D eigenvalue weighted by atomic mass is 32.5. The van der Waals surface area contributed by atoms with Gasteiger partial charge in [-0.2, -0.15) is 0 Å². The van der Waals surface area contributed by atoms with Crippen molar-refractivity contribution in [1.29, 1.82) is 0 Å². The monoisotopic (exact) mass is 1400 g/mol. The number of urea groups is 1. The number of halogens is 3. The molecule has 506 valence electrons. The molecule has 9 amide bonds. The van der Waals surface area contributed by atoms with Gasteiger partial charge in [0.1, 0.15) is 74.1 Å². The van der Waals surface area contributed by atoms with Gasteiger partial charge in [0.15, 0.2) is 53.2 Å². The number of nitrogens with two attached hydrogens (primary N) is 2. The van der Waals surface area contributed by atoms with Crippen LogP contribution in [0.3, 0.4) is 0 Å². The smallest absolute Gasteiger partial charge is 0.412 e. The number of primary amides is 1. The van der Waals surface area contributed by atoms with E-state index >= 15 is 8.78 Å². The minimum atomic E-state index is -4.46. The number of imidazole rings is 2. The number of nitrogen functional groups attached to an aromatic ring is 1. The number of nitrogens with one attached hydrogen (secondary N) is 5. The SMILES string of the molecule is CC(C)[C@H](NC(=O)CCN1C(=O)C=CC1=O)C(=O)N[C@@H](CCCNC(N)=O)C(=O)Nc1ccc(COC(=O)N2C[C@@H](F)C[C@H]2COC(=O)Nc2ncnc3c2ncn3[C@@H]2O[C@@H]3COP(O)(=S)O[C@H]4[C@@H](F)[C@H](n5cnc6c(N)ncnc65)O[C@@H]4COP(O)(=S)O[C@H]3[C@H]2F)cc1. The number of alkyl halides is 3. The number of hydrogen-bond acceptors (Lipinski definition) is 25. The Kier molecular flexibility index (Phi) is 21.5. The molecule has 14 atom stereocenters. The second-order valence-electron chi connectivity index (χ2n) is 22.1. The molecule has 5 aromatic rings. The molecule has 0 aliphatic carbocycles. The molecule has 94 heavy (non-hydrogen) atoms. The Morgan fingerprint density at radius 3 is 1.99 bits per heavy atom. The third-order valence-corrected chi connectivity index (χ3v) is 18.4. The third-order valence-electron chi connectivity index (χ3n) is 15.3. The molecule has 9 heterocycles. The summed E-state index contributed by atoms with van der Waals surface area (Å²) in [5.74, 6) is -3.87. The van der Waals surface area contributed by atoms with Gasteiger partial charge in [-0.1, -0.05) is 26.0 Å². The van der Waals surface area contributed by atoms with Gasteiger partial charge in [-0.15, -0.1) is 0 Å². The van der Waals surface area contributed by atoms with Crippen LogP contribution in [-0.4, -0.2) is 207 Å². The van der Waals surface area contributed by atoms with E-state index in [-0.39, 0.29) is 85.0 Å². The molecule has 11 N–H and O–H groups in total. The average Bonchev–Trinajstić information content (AvgIpc) is 1.62. The van der Waals surface area contributed by atoms with E-state index in [1.165, 1.54) is 35.2 Å². The van der Waals surface area contributed by atoms with Gasteiger partial charge in [0.2, 0.25) is 17.7 Å². The largest absolute Gasteiger partial charge is 0.447 e. The first-order valence-electron chi connectivity index (χ1n) is 28.8. The van der Waals surface area contributed by atoms with Crippen LogP contribution in [0.1, 0.15) is 57.6 Å². The van der Waals surface area contributed by atoms with Crippen LogP contribution in [0, 0.1) is 5.92 Å². The first kappa shape index (κ1) is 68.8. The van der Waals surface area contributed by atoms with Crippen LogP contribution < -0.4 is 38.1 Å². The first-order valence-corrected chi connectivity index (χ1v) is 34.0. The Morgan fingerprint density at radius 1 is 0.787 bits per heavy atom. The van der Waals surface area contributed by atoms with E-state index in [0.717, 1.165) is 45.5 Å². The number of fused-ring (bicyclic) bond motifs is 4.